The van der Waals surface area contributed by atoms with Crippen molar-refractivity contribution in [1.82, 2.24) is 9.88 Å². The second kappa shape index (κ2) is 8.19. The summed E-state index contributed by atoms with van der Waals surface area (Å²) in [6.45, 7) is 10.0. The smallest absolute Gasteiger partial charge is 0.208 e. The summed E-state index contributed by atoms with van der Waals surface area (Å²) in [5, 5.41) is 4.38. The number of para-hydroxylation sites is 2. The topological polar surface area (TPSA) is 44.5 Å². The van der Waals surface area contributed by atoms with E-state index in [1.165, 1.54) is 11.8 Å². The zero-order valence-electron chi connectivity index (χ0n) is 17.0. The Morgan fingerprint density at radius 2 is 1.71 bits per heavy atom. The maximum atomic E-state index is 6.17. The Bertz CT molecular complexity index is 1150. The van der Waals surface area contributed by atoms with Crippen molar-refractivity contribution in [2.24, 2.45) is 4.99 Å². The maximum absolute atomic E-state index is 6.17. The Balaban J connectivity index is 1.80. The van der Waals surface area contributed by atoms with Gasteiger partial charge in [-0.2, -0.15) is 0 Å². The molecule has 4 nitrogen and oxygen atoms in total. The number of H-pyrrole nitrogens is 1. The first-order valence-electron chi connectivity index (χ1n) is 10.4. The standard InChI is InChI=1S/C24H29N3O/c1-4-27(5-2)16-10-11-17(3)25-23-19-13-7-9-15-21(19)28-24-22(23)18-12-6-8-14-20(18)26-24/h6-9,12-15,17,26H,4-5,10-11,16H2,1-3H3. The van der Waals surface area contributed by atoms with Crippen molar-refractivity contribution in [3.63, 3.8) is 0 Å². The first-order valence-corrected chi connectivity index (χ1v) is 10.4. The van der Waals surface area contributed by atoms with Crippen molar-refractivity contribution in [3.8, 4) is 0 Å². The van der Waals surface area contributed by atoms with Gasteiger partial charge in [-0.15, -0.1) is 0 Å². The molecule has 0 saturated carbocycles. The molecule has 0 saturated heterocycles. The van der Waals surface area contributed by atoms with Crippen molar-refractivity contribution in [3.05, 3.63) is 53.9 Å². The van der Waals surface area contributed by atoms with E-state index in [1.54, 1.807) is 0 Å². The summed E-state index contributed by atoms with van der Waals surface area (Å²) in [7, 11) is 0. The van der Waals surface area contributed by atoms with Crippen LogP contribution in [0.25, 0.3) is 33.0 Å². The monoisotopic (exact) mass is 375 g/mol. The maximum Gasteiger partial charge on any atom is 0.208 e. The van der Waals surface area contributed by atoms with Crippen LogP contribution in [0.5, 0.6) is 0 Å². The number of hydrogen-bond acceptors (Lipinski definition) is 3. The summed E-state index contributed by atoms with van der Waals surface area (Å²) in [5.41, 5.74) is 2.76. The molecule has 0 spiro atoms. The number of rotatable bonds is 7. The van der Waals surface area contributed by atoms with E-state index < -0.39 is 0 Å². The van der Waals surface area contributed by atoms with E-state index in [1.807, 2.05) is 18.2 Å². The quantitative estimate of drug-likeness (QED) is 0.465. The van der Waals surface area contributed by atoms with Crippen molar-refractivity contribution < 1.29 is 4.42 Å². The molecule has 146 valence electrons. The molecule has 4 aromatic rings. The molecule has 0 aliphatic rings. The van der Waals surface area contributed by atoms with E-state index >= 15 is 0 Å². The van der Waals surface area contributed by atoms with E-state index in [4.69, 9.17) is 9.41 Å². The number of benzene rings is 2. The van der Waals surface area contributed by atoms with Gasteiger partial charge in [0.05, 0.1) is 10.7 Å². The largest absolute Gasteiger partial charge is 0.440 e. The predicted octanol–water partition coefficient (Wildman–Crippen LogP) is 5.48. The first kappa shape index (κ1) is 18.8. The molecule has 0 aliphatic heterocycles. The zero-order chi connectivity index (χ0) is 19.5. The van der Waals surface area contributed by atoms with Gasteiger partial charge in [-0.05, 0) is 57.6 Å². The molecule has 0 bridgehead atoms. The van der Waals surface area contributed by atoms with E-state index in [0.29, 0.717) is 0 Å². The number of aromatic nitrogens is 1. The Hall–Kier alpha value is -2.59. The lowest BCUT2D eigenvalue weighted by molar-refractivity contribution is 0.294. The Morgan fingerprint density at radius 3 is 2.50 bits per heavy atom. The Kier molecular flexibility index (Phi) is 5.49. The van der Waals surface area contributed by atoms with Crippen LogP contribution in [0.2, 0.25) is 0 Å². The summed E-state index contributed by atoms with van der Waals surface area (Å²) in [6, 6.07) is 16.8. The van der Waals surface area contributed by atoms with Crippen LogP contribution in [0, 0.1) is 0 Å². The van der Waals surface area contributed by atoms with E-state index in [9.17, 15) is 0 Å². The molecule has 4 heteroatoms. The summed E-state index contributed by atoms with van der Waals surface area (Å²) >= 11 is 0. The third-order valence-corrected chi connectivity index (χ3v) is 5.60. The highest BCUT2D eigenvalue weighted by molar-refractivity contribution is 6.07. The van der Waals surface area contributed by atoms with Gasteiger partial charge < -0.3 is 14.3 Å². The van der Waals surface area contributed by atoms with Crippen LogP contribution in [-0.4, -0.2) is 35.6 Å². The SMILES string of the molecule is CCN(CC)CCCC(C)N=c1c2ccccc2oc2[nH]c3ccccc3c12. The third kappa shape index (κ3) is 3.57. The minimum atomic E-state index is 0.262. The minimum absolute atomic E-state index is 0.262. The molecular weight excluding hydrogens is 346 g/mol. The highest BCUT2D eigenvalue weighted by Gasteiger charge is 2.13. The average molecular weight is 376 g/mol. The zero-order valence-corrected chi connectivity index (χ0v) is 17.0. The number of nitrogens with one attached hydrogen (secondary N) is 1. The van der Waals surface area contributed by atoms with Crippen molar-refractivity contribution >= 4 is 33.0 Å². The van der Waals surface area contributed by atoms with Crippen LogP contribution in [0.3, 0.4) is 0 Å². The summed E-state index contributed by atoms with van der Waals surface area (Å²) in [6.07, 6.45) is 2.25. The van der Waals surface area contributed by atoms with Gasteiger partial charge in [-0.25, -0.2) is 0 Å². The van der Waals surface area contributed by atoms with Gasteiger partial charge in [0, 0.05) is 22.3 Å². The van der Waals surface area contributed by atoms with E-state index in [2.05, 4.69) is 61.0 Å². The van der Waals surface area contributed by atoms with Gasteiger partial charge >= 0.3 is 0 Å². The van der Waals surface area contributed by atoms with Crippen LogP contribution in [-0.2, 0) is 0 Å². The molecule has 4 rings (SSSR count). The molecule has 0 aliphatic carbocycles. The molecule has 0 fully saturated rings. The van der Waals surface area contributed by atoms with E-state index in [0.717, 1.165) is 59.0 Å². The van der Waals surface area contributed by atoms with E-state index in [-0.39, 0.29) is 6.04 Å². The highest BCUT2D eigenvalue weighted by Crippen LogP contribution is 2.26. The lowest BCUT2D eigenvalue weighted by atomic mass is 10.1. The molecule has 2 heterocycles. The van der Waals surface area contributed by atoms with Gasteiger partial charge in [0.15, 0.2) is 0 Å². The van der Waals surface area contributed by atoms with Crippen LogP contribution < -0.4 is 5.36 Å². The second-order valence-corrected chi connectivity index (χ2v) is 7.47. The Labute approximate surface area is 165 Å². The van der Waals surface area contributed by atoms with Crippen LogP contribution >= 0.6 is 0 Å². The fourth-order valence-corrected chi connectivity index (χ4v) is 3.99. The van der Waals surface area contributed by atoms with Crippen molar-refractivity contribution in [2.45, 2.75) is 39.7 Å². The lowest BCUT2D eigenvalue weighted by Crippen LogP contribution is -2.24. The number of hydrogen-bond donors (Lipinski definition) is 1. The van der Waals surface area contributed by atoms with Crippen LogP contribution in [0.1, 0.15) is 33.6 Å². The van der Waals surface area contributed by atoms with Gasteiger partial charge in [0.1, 0.15) is 5.58 Å². The average Bonchev–Trinajstić information content (AvgIpc) is 3.09. The van der Waals surface area contributed by atoms with Crippen LogP contribution in [0.4, 0.5) is 0 Å². The molecule has 0 amide bonds. The third-order valence-electron chi connectivity index (χ3n) is 5.60. The summed E-state index contributed by atoms with van der Waals surface area (Å²) in [4.78, 5) is 11.1. The first-order chi connectivity index (χ1) is 13.7. The van der Waals surface area contributed by atoms with Gasteiger partial charge in [-0.3, -0.25) is 4.99 Å². The molecule has 2 aromatic heterocycles. The molecular formula is C24H29N3O. The fraction of sp³-hybridized carbons (Fsp3) is 0.375. The molecule has 28 heavy (non-hydrogen) atoms. The number of nitrogens with zero attached hydrogens (tertiary/aromatic N) is 2. The molecule has 1 N–H and O–H groups in total. The van der Waals surface area contributed by atoms with Crippen molar-refractivity contribution in [1.29, 1.82) is 0 Å². The summed E-state index contributed by atoms with van der Waals surface area (Å²) in [5.74, 6) is 0. The molecule has 0 radical (unpaired) electrons. The molecule has 2 aromatic carbocycles. The highest BCUT2D eigenvalue weighted by atomic mass is 16.3. The normalized spacial score (nSPS) is 13.9. The van der Waals surface area contributed by atoms with Gasteiger partial charge in [-0.1, -0.05) is 44.2 Å². The van der Waals surface area contributed by atoms with Gasteiger partial charge in [0.2, 0.25) is 5.71 Å². The minimum Gasteiger partial charge on any atom is -0.440 e. The Morgan fingerprint density at radius 1 is 1.00 bits per heavy atom. The van der Waals surface area contributed by atoms with Crippen LogP contribution in [0.15, 0.2) is 57.9 Å². The number of aromatic amines is 1. The second-order valence-electron chi connectivity index (χ2n) is 7.47. The number of fused-ring (bicyclic) bond motifs is 4. The van der Waals surface area contributed by atoms with Gasteiger partial charge in [0.25, 0.3) is 0 Å². The predicted molar refractivity (Wildman–Crippen MR) is 118 cm³/mol. The molecule has 1 unspecified atom stereocenters. The lowest BCUT2D eigenvalue weighted by Gasteiger charge is -2.18. The van der Waals surface area contributed by atoms with Crippen molar-refractivity contribution in [2.75, 3.05) is 19.6 Å². The molecule has 1 atom stereocenters. The summed E-state index contributed by atoms with van der Waals surface area (Å²) < 4.78 is 6.17. The fourth-order valence-electron chi connectivity index (χ4n) is 3.99.